The Balaban J connectivity index is 2.71. The van der Waals surface area contributed by atoms with E-state index >= 15 is 0 Å². The first kappa shape index (κ1) is 16.5. The van der Waals surface area contributed by atoms with E-state index < -0.39 is 6.04 Å². The first-order valence-electron chi connectivity index (χ1n) is 6.89. The third-order valence-corrected chi connectivity index (χ3v) is 3.45. The molecule has 1 aromatic carbocycles. The smallest absolute Gasteiger partial charge is 0.240 e. The van der Waals surface area contributed by atoms with Crippen LogP contribution in [0.4, 0.5) is 5.69 Å². The Bertz CT molecular complexity index is 446. The lowest BCUT2D eigenvalue weighted by molar-refractivity contribution is -0.134. The van der Waals surface area contributed by atoms with Gasteiger partial charge in [-0.25, -0.2) is 0 Å². The molecular weight excluding hydrogens is 250 g/mol. The molecular formula is C16H27N3O. The molecule has 0 bridgehead atoms. The molecule has 0 aliphatic rings. The summed E-state index contributed by atoms with van der Waals surface area (Å²) in [6.07, 6.45) is 0. The van der Waals surface area contributed by atoms with Gasteiger partial charge in [-0.15, -0.1) is 0 Å². The highest BCUT2D eigenvalue weighted by molar-refractivity contribution is 5.82. The topological polar surface area (TPSA) is 49.6 Å². The van der Waals surface area contributed by atoms with Crippen molar-refractivity contribution in [1.82, 2.24) is 4.90 Å². The van der Waals surface area contributed by atoms with E-state index in [1.165, 1.54) is 0 Å². The second-order valence-electron chi connectivity index (χ2n) is 6.60. The second kappa shape index (κ2) is 6.27. The van der Waals surface area contributed by atoms with Crippen LogP contribution in [0.25, 0.3) is 0 Å². The molecule has 1 atom stereocenters. The van der Waals surface area contributed by atoms with Gasteiger partial charge in [0.25, 0.3) is 0 Å². The summed E-state index contributed by atoms with van der Waals surface area (Å²) in [5, 5.41) is 0. The minimum atomic E-state index is -0.478. The van der Waals surface area contributed by atoms with Crippen LogP contribution in [-0.4, -0.2) is 38.0 Å². The summed E-state index contributed by atoms with van der Waals surface area (Å²) in [5.74, 6) is -0.0193. The van der Waals surface area contributed by atoms with Crippen molar-refractivity contribution in [3.05, 3.63) is 29.8 Å². The van der Waals surface area contributed by atoms with Gasteiger partial charge in [0, 0.05) is 33.4 Å². The highest BCUT2D eigenvalue weighted by Gasteiger charge is 2.29. The van der Waals surface area contributed by atoms with Crippen LogP contribution >= 0.6 is 0 Å². The van der Waals surface area contributed by atoms with Crippen LogP contribution in [0.5, 0.6) is 0 Å². The van der Waals surface area contributed by atoms with Crippen molar-refractivity contribution in [2.75, 3.05) is 26.0 Å². The van der Waals surface area contributed by atoms with Gasteiger partial charge in [0.1, 0.15) is 0 Å². The zero-order valence-electron chi connectivity index (χ0n) is 13.5. The van der Waals surface area contributed by atoms with Crippen LogP contribution in [0.15, 0.2) is 24.3 Å². The van der Waals surface area contributed by atoms with Crippen LogP contribution in [-0.2, 0) is 11.3 Å². The van der Waals surface area contributed by atoms with E-state index in [0.717, 1.165) is 11.3 Å². The Hall–Kier alpha value is -1.55. The van der Waals surface area contributed by atoms with Gasteiger partial charge in [0.05, 0.1) is 6.04 Å². The molecule has 4 heteroatoms. The largest absolute Gasteiger partial charge is 0.378 e. The number of rotatable bonds is 4. The molecule has 0 aliphatic carbocycles. The summed E-state index contributed by atoms with van der Waals surface area (Å²) in [5.41, 5.74) is 8.04. The molecule has 0 spiro atoms. The minimum absolute atomic E-state index is 0.0193. The van der Waals surface area contributed by atoms with Crippen molar-refractivity contribution in [3.8, 4) is 0 Å². The predicted octanol–water partition coefficient (Wildman–Crippen LogP) is 2.08. The molecule has 2 N–H and O–H groups in total. The number of hydrogen-bond acceptors (Lipinski definition) is 3. The summed E-state index contributed by atoms with van der Waals surface area (Å²) in [6.45, 7) is 6.52. The zero-order chi connectivity index (χ0) is 15.5. The quantitative estimate of drug-likeness (QED) is 0.916. The second-order valence-corrected chi connectivity index (χ2v) is 6.60. The number of likely N-dealkylation sites (N-methyl/N-ethyl adjacent to an activating group) is 1. The maximum atomic E-state index is 12.3. The molecule has 112 valence electrons. The van der Waals surface area contributed by atoms with E-state index in [-0.39, 0.29) is 11.3 Å². The third-order valence-electron chi connectivity index (χ3n) is 3.45. The summed E-state index contributed by atoms with van der Waals surface area (Å²) in [7, 11) is 5.81. The lowest BCUT2D eigenvalue weighted by Crippen LogP contribution is -2.48. The van der Waals surface area contributed by atoms with E-state index in [1.54, 1.807) is 11.9 Å². The standard InChI is InChI=1S/C16H27N3O/c1-16(2,3)14(17)15(20)19(6)11-12-7-9-13(10-8-12)18(4)5/h7-10,14H,11,17H2,1-6H3. The lowest BCUT2D eigenvalue weighted by Gasteiger charge is -2.30. The highest BCUT2D eigenvalue weighted by atomic mass is 16.2. The van der Waals surface area contributed by atoms with E-state index in [4.69, 9.17) is 5.73 Å². The van der Waals surface area contributed by atoms with Crippen molar-refractivity contribution < 1.29 is 4.79 Å². The molecule has 0 saturated carbocycles. The average Bonchev–Trinajstić information content (AvgIpc) is 2.36. The van der Waals surface area contributed by atoms with Crippen LogP contribution in [0.3, 0.4) is 0 Å². The molecule has 1 unspecified atom stereocenters. The molecule has 1 aromatic rings. The zero-order valence-corrected chi connectivity index (χ0v) is 13.5. The Morgan fingerprint density at radius 3 is 2.05 bits per heavy atom. The van der Waals surface area contributed by atoms with Crippen molar-refractivity contribution in [3.63, 3.8) is 0 Å². The number of nitrogens with two attached hydrogens (primary N) is 1. The average molecular weight is 277 g/mol. The van der Waals surface area contributed by atoms with E-state index in [2.05, 4.69) is 12.1 Å². The van der Waals surface area contributed by atoms with Gasteiger partial charge in [0.15, 0.2) is 0 Å². The van der Waals surface area contributed by atoms with Gasteiger partial charge < -0.3 is 15.5 Å². The molecule has 0 aliphatic heterocycles. The fourth-order valence-electron chi connectivity index (χ4n) is 1.86. The molecule has 20 heavy (non-hydrogen) atoms. The molecule has 0 heterocycles. The van der Waals surface area contributed by atoms with Crippen LogP contribution in [0, 0.1) is 5.41 Å². The van der Waals surface area contributed by atoms with Gasteiger partial charge in [-0.3, -0.25) is 4.79 Å². The molecule has 1 rings (SSSR count). The Kier molecular flexibility index (Phi) is 5.17. The predicted molar refractivity (Wildman–Crippen MR) is 84.7 cm³/mol. The SMILES string of the molecule is CN(Cc1ccc(N(C)C)cc1)C(=O)C(N)C(C)(C)C. The Morgan fingerprint density at radius 1 is 1.15 bits per heavy atom. The normalized spacial score (nSPS) is 12.9. The molecule has 0 radical (unpaired) electrons. The molecule has 0 saturated heterocycles. The molecule has 0 aromatic heterocycles. The van der Waals surface area contributed by atoms with E-state index in [9.17, 15) is 4.79 Å². The third kappa shape index (κ3) is 4.23. The van der Waals surface area contributed by atoms with Crippen molar-refractivity contribution >= 4 is 11.6 Å². The first-order chi connectivity index (χ1) is 9.12. The van der Waals surface area contributed by atoms with Gasteiger partial charge in [-0.1, -0.05) is 32.9 Å². The summed E-state index contributed by atoms with van der Waals surface area (Å²) in [4.78, 5) is 16.0. The maximum Gasteiger partial charge on any atom is 0.240 e. The Labute approximate surface area is 122 Å². The summed E-state index contributed by atoms with van der Waals surface area (Å²) < 4.78 is 0. The number of carbonyl (C=O) groups excluding carboxylic acids is 1. The van der Waals surface area contributed by atoms with Gasteiger partial charge >= 0.3 is 0 Å². The summed E-state index contributed by atoms with van der Waals surface area (Å²) >= 11 is 0. The van der Waals surface area contributed by atoms with E-state index in [1.807, 2.05) is 51.9 Å². The number of nitrogens with zero attached hydrogens (tertiary/aromatic N) is 2. The van der Waals surface area contributed by atoms with Crippen molar-refractivity contribution in [2.24, 2.45) is 11.1 Å². The van der Waals surface area contributed by atoms with Crippen molar-refractivity contribution in [2.45, 2.75) is 33.4 Å². The first-order valence-corrected chi connectivity index (χ1v) is 6.89. The van der Waals surface area contributed by atoms with Gasteiger partial charge in [-0.05, 0) is 23.1 Å². The number of amides is 1. The number of anilines is 1. The lowest BCUT2D eigenvalue weighted by atomic mass is 9.86. The van der Waals surface area contributed by atoms with Crippen molar-refractivity contribution in [1.29, 1.82) is 0 Å². The monoisotopic (exact) mass is 277 g/mol. The van der Waals surface area contributed by atoms with E-state index in [0.29, 0.717) is 6.54 Å². The van der Waals surface area contributed by atoms with Crippen LogP contribution in [0.1, 0.15) is 26.3 Å². The molecule has 4 nitrogen and oxygen atoms in total. The molecule has 0 fully saturated rings. The van der Waals surface area contributed by atoms with Crippen LogP contribution in [0.2, 0.25) is 0 Å². The highest BCUT2D eigenvalue weighted by Crippen LogP contribution is 2.20. The maximum absolute atomic E-state index is 12.3. The fourth-order valence-corrected chi connectivity index (χ4v) is 1.86. The summed E-state index contributed by atoms with van der Waals surface area (Å²) in [6, 6.07) is 7.71. The number of carbonyl (C=O) groups is 1. The molecule has 1 amide bonds. The number of benzene rings is 1. The fraction of sp³-hybridized carbons (Fsp3) is 0.562. The Morgan fingerprint density at radius 2 is 1.65 bits per heavy atom. The van der Waals surface area contributed by atoms with Crippen LogP contribution < -0.4 is 10.6 Å². The minimum Gasteiger partial charge on any atom is -0.378 e. The van der Waals surface area contributed by atoms with Gasteiger partial charge in [-0.2, -0.15) is 0 Å². The van der Waals surface area contributed by atoms with Gasteiger partial charge in [0.2, 0.25) is 5.91 Å². The number of hydrogen-bond donors (Lipinski definition) is 1.